The number of fused-ring (bicyclic) bond motifs is 4. The molecule has 10 rings (SSSR count). The molecule has 9 aromatic rings. The first-order valence-corrected chi connectivity index (χ1v) is 22.6. The summed E-state index contributed by atoms with van der Waals surface area (Å²) < 4.78 is 29.9. The molecule has 316 valence electrons. The Morgan fingerprint density at radius 1 is 0.547 bits per heavy atom. The number of alkyl halides is 1. The van der Waals surface area contributed by atoms with Crippen molar-refractivity contribution in [3.05, 3.63) is 204 Å². The largest absolute Gasteiger partial charge is 0.298 e. The Morgan fingerprint density at radius 2 is 0.984 bits per heavy atom. The number of pyridine rings is 3. The molecule has 0 radical (unpaired) electrons. The Hall–Kier alpha value is -5.76. The molecule has 1 aliphatic rings. The molecule has 0 fully saturated rings. The molecule has 0 bridgehead atoms. The van der Waals surface area contributed by atoms with E-state index in [2.05, 4.69) is 57.8 Å². The second-order valence-corrected chi connectivity index (χ2v) is 17.5. The molecule has 0 saturated carbocycles. The molecule has 1 aliphatic heterocycles. The molecule has 3 aromatic heterocycles. The van der Waals surface area contributed by atoms with Gasteiger partial charge in [0, 0.05) is 46.6 Å². The van der Waals surface area contributed by atoms with Gasteiger partial charge in [0.05, 0.1) is 51.2 Å². The van der Waals surface area contributed by atoms with Crippen LogP contribution in [0.5, 0.6) is 0 Å². The van der Waals surface area contributed by atoms with Crippen LogP contribution < -0.4 is 0 Å². The number of halogens is 7. The summed E-state index contributed by atoms with van der Waals surface area (Å²) >= 11 is 22.2. The van der Waals surface area contributed by atoms with Crippen molar-refractivity contribution < 1.29 is 23.2 Å². The number of aldehydes is 1. The first kappa shape index (κ1) is 44.8. The van der Waals surface area contributed by atoms with Crippen molar-refractivity contribution in [3.8, 4) is 22.5 Å². The summed E-state index contributed by atoms with van der Waals surface area (Å²) in [5.74, 6) is -1.00. The molecule has 14 heteroatoms. The van der Waals surface area contributed by atoms with Crippen molar-refractivity contribution in [1.82, 2.24) is 19.9 Å². The second-order valence-electron chi connectivity index (χ2n) is 14.3. The number of amides is 2. The van der Waals surface area contributed by atoms with Gasteiger partial charge in [-0.25, -0.2) is 23.7 Å². The summed E-state index contributed by atoms with van der Waals surface area (Å²) in [5.41, 5.74) is 7.67. The zero-order chi connectivity index (χ0) is 45.1. The third-order valence-corrected chi connectivity index (χ3v) is 12.7. The summed E-state index contributed by atoms with van der Waals surface area (Å²) in [6.07, 6.45) is 0.704. The van der Waals surface area contributed by atoms with Crippen molar-refractivity contribution in [3.63, 3.8) is 0 Å². The molecule has 0 atom stereocenters. The highest BCUT2D eigenvalue weighted by Crippen LogP contribution is 2.34. The van der Waals surface area contributed by atoms with Crippen LogP contribution in [-0.4, -0.2) is 38.0 Å². The van der Waals surface area contributed by atoms with E-state index in [0.29, 0.717) is 45.7 Å². The van der Waals surface area contributed by atoms with Gasteiger partial charge in [0.1, 0.15) is 16.8 Å². The quantitative estimate of drug-likeness (QED) is 0.0713. The number of nitrogens with zero attached hydrogens (tertiary/aromatic N) is 4. The maximum atomic E-state index is 13.9. The number of carbonyl (C=O) groups excluding carboxylic acids is 3. The Labute approximate surface area is 400 Å². The first-order valence-electron chi connectivity index (χ1n) is 19.3. The highest BCUT2D eigenvalue weighted by atomic mass is 79.9. The van der Waals surface area contributed by atoms with Gasteiger partial charge in [-0.2, -0.15) is 0 Å². The minimum Gasteiger partial charge on any atom is -0.298 e. The zero-order valence-corrected chi connectivity index (χ0v) is 39.3. The standard InChI is InChI=1S/C24H14BrFN2O2.C16H10BrClFN.C10H5BrClNO/c25-20-10-4-6-14-11-16(21(27-22(14)20)15-5-3-7-17(26)12-15)13-28-23(29)18-8-1-2-9-19(18)24(28)30;17-14-6-2-4-10-7-12(9-18)15(20-16(10)14)11-3-1-5-13(19)8-11;11-8-3-1-2-6-4-7(5-14)10(12)13-9(6)8/h1-12H,13H2;1-8H,9H2;1-5H. The Bertz CT molecular complexity index is 3290. The van der Waals surface area contributed by atoms with Crippen LogP contribution in [0.3, 0.4) is 0 Å². The monoisotopic (exact) mass is 1080 g/mol. The fourth-order valence-electron chi connectivity index (χ4n) is 7.20. The van der Waals surface area contributed by atoms with Gasteiger partial charge in [-0.05, 0) is 132 Å². The van der Waals surface area contributed by atoms with E-state index in [0.717, 1.165) is 62.9 Å². The van der Waals surface area contributed by atoms with Crippen molar-refractivity contribution in [2.24, 2.45) is 0 Å². The molecule has 6 aromatic carbocycles. The number of hydrogen-bond donors (Lipinski definition) is 0. The molecule has 7 nitrogen and oxygen atoms in total. The molecular formula is C50H29Br3Cl2F2N4O3. The smallest absolute Gasteiger partial charge is 0.261 e. The Morgan fingerprint density at radius 3 is 1.45 bits per heavy atom. The number of rotatable bonds is 6. The van der Waals surface area contributed by atoms with E-state index in [1.807, 2.05) is 72.8 Å². The van der Waals surface area contributed by atoms with E-state index < -0.39 is 0 Å². The fraction of sp³-hybridized carbons (Fsp3) is 0.0400. The highest BCUT2D eigenvalue weighted by Gasteiger charge is 2.35. The molecular weight excluding hydrogens is 1050 g/mol. The van der Waals surface area contributed by atoms with Gasteiger partial charge in [-0.1, -0.05) is 84.4 Å². The van der Waals surface area contributed by atoms with Crippen LogP contribution in [-0.2, 0) is 12.4 Å². The van der Waals surface area contributed by atoms with Gasteiger partial charge in [-0.3, -0.25) is 19.3 Å². The maximum Gasteiger partial charge on any atom is 0.261 e. The summed E-state index contributed by atoms with van der Waals surface area (Å²) in [6, 6.07) is 42.2. The van der Waals surface area contributed by atoms with E-state index >= 15 is 0 Å². The molecule has 0 aliphatic carbocycles. The first-order chi connectivity index (χ1) is 30.9. The lowest BCUT2D eigenvalue weighted by atomic mass is 10.0. The number of hydrogen-bond acceptors (Lipinski definition) is 6. The third kappa shape index (κ3) is 9.38. The van der Waals surface area contributed by atoms with Crippen LogP contribution in [0.25, 0.3) is 55.2 Å². The van der Waals surface area contributed by atoms with E-state index in [-0.39, 0.29) is 35.1 Å². The third-order valence-electron chi connectivity index (χ3n) is 10.2. The van der Waals surface area contributed by atoms with Gasteiger partial charge < -0.3 is 0 Å². The average molecular weight is 1080 g/mol. The Kier molecular flexibility index (Phi) is 13.7. The highest BCUT2D eigenvalue weighted by molar-refractivity contribution is 9.11. The molecule has 4 heterocycles. The summed E-state index contributed by atoms with van der Waals surface area (Å²) in [5, 5.41) is 3.00. The molecule has 0 spiro atoms. The zero-order valence-electron chi connectivity index (χ0n) is 33.0. The normalized spacial score (nSPS) is 11.9. The van der Waals surface area contributed by atoms with Crippen LogP contribution in [0.1, 0.15) is 42.2 Å². The van der Waals surface area contributed by atoms with E-state index in [9.17, 15) is 23.2 Å². The van der Waals surface area contributed by atoms with E-state index in [1.54, 1.807) is 48.5 Å². The van der Waals surface area contributed by atoms with Crippen LogP contribution >= 0.6 is 71.0 Å². The number of para-hydroxylation sites is 3. The van der Waals surface area contributed by atoms with Crippen molar-refractivity contribution in [2.75, 3.05) is 0 Å². The number of aromatic nitrogens is 3. The lowest BCUT2D eigenvalue weighted by Crippen LogP contribution is -2.29. The lowest BCUT2D eigenvalue weighted by Gasteiger charge is -2.18. The Balaban J connectivity index is 0.000000142. The number of carbonyl (C=O) groups is 3. The van der Waals surface area contributed by atoms with Gasteiger partial charge >= 0.3 is 0 Å². The fourth-order valence-corrected chi connectivity index (χ4v) is 9.00. The molecule has 64 heavy (non-hydrogen) atoms. The van der Waals surface area contributed by atoms with Crippen molar-refractivity contribution in [2.45, 2.75) is 12.4 Å². The summed E-state index contributed by atoms with van der Waals surface area (Å²) in [4.78, 5) is 51.1. The van der Waals surface area contributed by atoms with Crippen LogP contribution in [0.4, 0.5) is 8.78 Å². The van der Waals surface area contributed by atoms with E-state index in [1.165, 1.54) is 29.2 Å². The topological polar surface area (TPSA) is 93.1 Å². The summed E-state index contributed by atoms with van der Waals surface area (Å²) in [7, 11) is 0. The van der Waals surface area contributed by atoms with Gasteiger partial charge in [0.2, 0.25) is 0 Å². The average Bonchev–Trinajstić information content (AvgIpc) is 3.54. The van der Waals surface area contributed by atoms with Gasteiger partial charge in [0.15, 0.2) is 6.29 Å². The number of benzene rings is 6. The van der Waals surface area contributed by atoms with Crippen LogP contribution in [0.2, 0.25) is 5.15 Å². The maximum absolute atomic E-state index is 13.9. The molecule has 0 unspecified atom stereocenters. The predicted octanol–water partition coefficient (Wildman–Crippen LogP) is 14.6. The lowest BCUT2D eigenvalue weighted by molar-refractivity contribution is 0.0642. The molecule has 0 saturated heterocycles. The second kappa shape index (κ2) is 19.5. The summed E-state index contributed by atoms with van der Waals surface area (Å²) in [6.45, 7) is 0.0493. The predicted molar refractivity (Wildman–Crippen MR) is 260 cm³/mol. The van der Waals surface area contributed by atoms with Crippen LogP contribution in [0, 0.1) is 11.6 Å². The SMILES string of the molecule is Fc1cccc(-c2nc3c(Br)cccc3cc2CCl)c1.O=C1c2ccccc2C(=O)N1Cc1cc2cccc(Br)c2nc1-c1cccc(F)c1.O=Cc1cc2cccc(Br)c2nc1Cl. The minimum atomic E-state index is -0.381. The van der Waals surface area contributed by atoms with Crippen molar-refractivity contribution >= 4 is 122 Å². The number of imide groups is 1. The molecule has 0 N–H and O–H groups in total. The van der Waals surface area contributed by atoms with E-state index in [4.69, 9.17) is 28.2 Å². The molecule has 2 amide bonds. The van der Waals surface area contributed by atoms with Crippen molar-refractivity contribution in [1.29, 1.82) is 0 Å². The van der Waals surface area contributed by atoms with Gasteiger partial charge in [0.25, 0.3) is 11.8 Å². The minimum absolute atomic E-state index is 0.0493. The van der Waals surface area contributed by atoms with Crippen LogP contribution in [0.15, 0.2) is 159 Å². The van der Waals surface area contributed by atoms with Gasteiger partial charge in [-0.15, -0.1) is 11.6 Å².